The van der Waals surface area contributed by atoms with Crippen LogP contribution in [0.1, 0.15) is 51.3 Å². The summed E-state index contributed by atoms with van der Waals surface area (Å²) in [5, 5.41) is 3.46. The molecule has 1 aromatic rings. The van der Waals surface area contributed by atoms with E-state index in [0.29, 0.717) is 6.04 Å². The van der Waals surface area contributed by atoms with E-state index in [1.807, 2.05) is 18.7 Å². The van der Waals surface area contributed by atoms with Crippen molar-refractivity contribution in [3.63, 3.8) is 0 Å². The lowest BCUT2D eigenvalue weighted by molar-refractivity contribution is -0.136. The van der Waals surface area contributed by atoms with Crippen LogP contribution in [0.5, 0.6) is 0 Å². The maximum atomic E-state index is 13.1. The molecule has 1 saturated carbocycles. The Morgan fingerprint density at radius 2 is 2.00 bits per heavy atom. The van der Waals surface area contributed by atoms with Crippen LogP contribution in [-0.2, 0) is 4.79 Å². The molecule has 20 heavy (non-hydrogen) atoms. The van der Waals surface area contributed by atoms with Crippen LogP contribution in [0, 0.1) is 5.82 Å². The van der Waals surface area contributed by atoms with Crippen molar-refractivity contribution >= 4 is 5.91 Å². The second-order valence-corrected chi connectivity index (χ2v) is 6.08. The number of nitrogens with one attached hydrogen (secondary N) is 1. The molecule has 3 rings (SSSR count). The van der Waals surface area contributed by atoms with E-state index in [1.165, 1.54) is 18.6 Å². The summed E-state index contributed by atoms with van der Waals surface area (Å²) in [6, 6.07) is 6.79. The molecule has 4 heteroatoms. The molecule has 0 bridgehead atoms. The molecule has 1 saturated heterocycles. The van der Waals surface area contributed by atoms with Gasteiger partial charge in [-0.1, -0.05) is 19.1 Å². The molecule has 0 spiro atoms. The number of halogens is 1. The van der Waals surface area contributed by atoms with Crippen LogP contribution in [0.25, 0.3) is 0 Å². The predicted molar refractivity (Wildman–Crippen MR) is 75.5 cm³/mol. The number of carbonyl (C=O) groups excluding carboxylic acids is 1. The number of benzene rings is 1. The lowest BCUT2D eigenvalue weighted by atomic mass is 9.89. The Balaban J connectivity index is 1.94. The summed E-state index contributed by atoms with van der Waals surface area (Å²) in [4.78, 5) is 14.7. The second-order valence-electron chi connectivity index (χ2n) is 6.08. The summed E-state index contributed by atoms with van der Waals surface area (Å²) >= 11 is 0. The van der Waals surface area contributed by atoms with Gasteiger partial charge in [-0.3, -0.25) is 10.1 Å². The highest BCUT2D eigenvalue weighted by Crippen LogP contribution is 2.39. The Hall–Kier alpha value is -1.42. The van der Waals surface area contributed by atoms with Crippen molar-refractivity contribution in [2.75, 3.05) is 0 Å². The molecule has 1 aromatic carbocycles. The van der Waals surface area contributed by atoms with Crippen LogP contribution in [0.15, 0.2) is 24.3 Å². The Bertz CT molecular complexity index is 512. The van der Waals surface area contributed by atoms with E-state index in [-0.39, 0.29) is 17.9 Å². The van der Waals surface area contributed by atoms with Gasteiger partial charge in [-0.05, 0) is 50.3 Å². The van der Waals surface area contributed by atoms with Gasteiger partial charge in [0.15, 0.2) is 0 Å². The minimum absolute atomic E-state index is 0.127. The molecule has 2 unspecified atom stereocenters. The number of nitrogens with zero attached hydrogens (tertiary/aromatic N) is 1. The van der Waals surface area contributed by atoms with Gasteiger partial charge >= 0.3 is 0 Å². The van der Waals surface area contributed by atoms with Gasteiger partial charge in [-0.25, -0.2) is 4.39 Å². The molecule has 1 N–H and O–H groups in total. The molecule has 1 amide bonds. The van der Waals surface area contributed by atoms with E-state index in [9.17, 15) is 9.18 Å². The van der Waals surface area contributed by atoms with Crippen LogP contribution < -0.4 is 5.32 Å². The van der Waals surface area contributed by atoms with Gasteiger partial charge in [-0.15, -0.1) is 0 Å². The molecule has 2 fully saturated rings. The van der Waals surface area contributed by atoms with Gasteiger partial charge in [0, 0.05) is 6.04 Å². The average Bonchev–Trinajstić information content (AvgIpc) is 2.64. The zero-order valence-corrected chi connectivity index (χ0v) is 12.0. The summed E-state index contributed by atoms with van der Waals surface area (Å²) < 4.78 is 13.1. The normalized spacial score (nSPS) is 30.6. The molecule has 0 aromatic heterocycles. The maximum Gasteiger partial charge on any atom is 0.244 e. The van der Waals surface area contributed by atoms with Crippen LogP contribution in [0.2, 0.25) is 0 Å². The van der Waals surface area contributed by atoms with E-state index in [1.54, 1.807) is 12.1 Å². The van der Waals surface area contributed by atoms with Crippen LogP contribution in [0.3, 0.4) is 0 Å². The molecule has 2 atom stereocenters. The predicted octanol–water partition coefficient (Wildman–Crippen LogP) is 2.98. The van der Waals surface area contributed by atoms with Gasteiger partial charge in [0.25, 0.3) is 0 Å². The molecule has 1 aliphatic heterocycles. The summed E-state index contributed by atoms with van der Waals surface area (Å²) in [5.41, 5.74) is 0.457. The van der Waals surface area contributed by atoms with E-state index in [4.69, 9.17) is 0 Å². The number of hydrogen-bond acceptors (Lipinski definition) is 2. The van der Waals surface area contributed by atoms with Crippen LogP contribution >= 0.6 is 0 Å². The Morgan fingerprint density at radius 1 is 1.35 bits per heavy atom. The Labute approximate surface area is 119 Å². The van der Waals surface area contributed by atoms with Gasteiger partial charge in [0.1, 0.15) is 12.0 Å². The van der Waals surface area contributed by atoms with Crippen LogP contribution in [-0.4, -0.2) is 22.4 Å². The molecule has 3 nitrogen and oxygen atoms in total. The van der Waals surface area contributed by atoms with Crippen molar-refractivity contribution in [1.29, 1.82) is 0 Å². The molecule has 108 valence electrons. The van der Waals surface area contributed by atoms with Gasteiger partial charge in [0.05, 0.1) is 5.54 Å². The first-order valence-electron chi connectivity index (χ1n) is 7.41. The first-order valence-corrected chi connectivity index (χ1v) is 7.41. The van der Waals surface area contributed by atoms with Gasteiger partial charge in [-0.2, -0.15) is 0 Å². The van der Waals surface area contributed by atoms with Crippen molar-refractivity contribution in [2.45, 2.75) is 57.3 Å². The van der Waals surface area contributed by atoms with Gasteiger partial charge < -0.3 is 4.90 Å². The fourth-order valence-corrected chi connectivity index (χ4v) is 3.02. The Kier molecular flexibility index (Phi) is 3.28. The standard InChI is InChI=1S/C16H21FN2O/c1-3-16(2)15(20)19(13-5-4-6-13)14(18-16)11-7-9-12(17)10-8-11/h7-10,13-14,18H,3-6H2,1-2H3. The topological polar surface area (TPSA) is 32.3 Å². The monoisotopic (exact) mass is 276 g/mol. The minimum atomic E-state index is -0.505. The smallest absolute Gasteiger partial charge is 0.244 e. The highest BCUT2D eigenvalue weighted by molar-refractivity contribution is 5.89. The molecule has 2 aliphatic rings. The van der Waals surface area contributed by atoms with Crippen molar-refractivity contribution in [1.82, 2.24) is 10.2 Å². The fourth-order valence-electron chi connectivity index (χ4n) is 3.02. The maximum absolute atomic E-state index is 13.1. The summed E-state index contributed by atoms with van der Waals surface area (Å²) in [6.07, 6.45) is 3.97. The van der Waals surface area contributed by atoms with E-state index in [2.05, 4.69) is 5.32 Å². The summed E-state index contributed by atoms with van der Waals surface area (Å²) in [5.74, 6) is -0.0643. The largest absolute Gasteiger partial charge is 0.318 e. The zero-order valence-electron chi connectivity index (χ0n) is 12.0. The first-order chi connectivity index (χ1) is 9.55. The third kappa shape index (κ3) is 2.03. The van der Waals surface area contributed by atoms with Gasteiger partial charge in [0.2, 0.25) is 5.91 Å². The summed E-state index contributed by atoms with van der Waals surface area (Å²) in [6.45, 7) is 3.99. The second kappa shape index (κ2) is 4.85. The molecular formula is C16H21FN2O. The summed E-state index contributed by atoms with van der Waals surface area (Å²) in [7, 11) is 0. The zero-order chi connectivity index (χ0) is 14.3. The third-order valence-corrected chi connectivity index (χ3v) is 4.80. The highest BCUT2D eigenvalue weighted by Gasteiger charge is 2.50. The molecular weight excluding hydrogens is 255 g/mol. The first kappa shape index (κ1) is 13.6. The SMILES string of the molecule is CCC1(C)NC(c2ccc(F)cc2)N(C2CCC2)C1=O. The van der Waals surface area contributed by atoms with E-state index < -0.39 is 5.54 Å². The van der Waals surface area contributed by atoms with Crippen molar-refractivity contribution in [2.24, 2.45) is 0 Å². The lowest BCUT2D eigenvalue weighted by Crippen LogP contribution is -2.46. The number of rotatable bonds is 3. The average molecular weight is 276 g/mol. The number of amides is 1. The fraction of sp³-hybridized carbons (Fsp3) is 0.562. The minimum Gasteiger partial charge on any atom is -0.318 e. The molecule has 1 heterocycles. The molecule has 1 aliphatic carbocycles. The van der Waals surface area contributed by atoms with Crippen molar-refractivity contribution in [3.05, 3.63) is 35.6 Å². The molecule has 0 radical (unpaired) electrons. The van der Waals surface area contributed by atoms with E-state index in [0.717, 1.165) is 24.8 Å². The van der Waals surface area contributed by atoms with Crippen molar-refractivity contribution in [3.8, 4) is 0 Å². The number of hydrogen-bond donors (Lipinski definition) is 1. The van der Waals surface area contributed by atoms with Crippen molar-refractivity contribution < 1.29 is 9.18 Å². The Morgan fingerprint density at radius 3 is 2.50 bits per heavy atom. The number of carbonyl (C=O) groups is 1. The van der Waals surface area contributed by atoms with E-state index >= 15 is 0 Å². The lowest BCUT2D eigenvalue weighted by Gasteiger charge is -2.38. The quantitative estimate of drug-likeness (QED) is 0.920. The highest BCUT2D eigenvalue weighted by atomic mass is 19.1. The van der Waals surface area contributed by atoms with Crippen LogP contribution in [0.4, 0.5) is 4.39 Å². The third-order valence-electron chi connectivity index (χ3n) is 4.80.